The van der Waals surface area contributed by atoms with Crippen molar-refractivity contribution < 1.29 is 17.9 Å². The third kappa shape index (κ3) is 4.73. The van der Waals surface area contributed by atoms with Crippen molar-refractivity contribution in [1.82, 2.24) is 9.29 Å². The van der Waals surface area contributed by atoms with Gasteiger partial charge in [-0.15, -0.1) is 11.3 Å². The van der Waals surface area contributed by atoms with Crippen LogP contribution in [0.15, 0.2) is 47.4 Å². The standard InChI is InChI=1S/C22H25N3O4S2/c1-3-29-18-5-7-19(8-6-18)31(27,28)25-12-10-16(11-13-25)22(26)24-17-4-9-20-21(14-17)30-15(2)23-20/h4-9,14,16H,3,10-13H2,1-2H3,(H,24,26). The molecule has 1 fully saturated rings. The highest BCUT2D eigenvalue weighted by Gasteiger charge is 2.32. The number of hydrogen-bond donors (Lipinski definition) is 1. The average molecular weight is 460 g/mol. The van der Waals surface area contributed by atoms with Gasteiger partial charge in [-0.2, -0.15) is 4.31 Å². The molecule has 0 atom stereocenters. The zero-order chi connectivity index (χ0) is 22.0. The molecule has 1 aromatic heterocycles. The van der Waals surface area contributed by atoms with Gasteiger partial charge in [-0.05, 0) is 69.2 Å². The van der Waals surface area contributed by atoms with E-state index in [0.717, 1.165) is 20.9 Å². The lowest BCUT2D eigenvalue weighted by Crippen LogP contribution is -2.41. The highest BCUT2D eigenvalue weighted by molar-refractivity contribution is 7.89. The summed E-state index contributed by atoms with van der Waals surface area (Å²) in [6, 6.07) is 12.2. The van der Waals surface area contributed by atoms with Crippen LogP contribution in [-0.4, -0.2) is 43.3 Å². The zero-order valence-corrected chi connectivity index (χ0v) is 19.1. The molecule has 2 heterocycles. The molecule has 1 aliphatic heterocycles. The van der Waals surface area contributed by atoms with Gasteiger partial charge in [-0.3, -0.25) is 4.79 Å². The van der Waals surface area contributed by atoms with Crippen LogP contribution in [0.25, 0.3) is 10.2 Å². The van der Waals surface area contributed by atoms with Crippen molar-refractivity contribution in [2.45, 2.75) is 31.6 Å². The predicted molar refractivity (Wildman–Crippen MR) is 122 cm³/mol. The fourth-order valence-electron chi connectivity index (χ4n) is 3.74. The summed E-state index contributed by atoms with van der Waals surface area (Å²) in [4.78, 5) is 17.4. The number of ether oxygens (including phenoxy) is 1. The Bertz CT molecular complexity index is 1180. The van der Waals surface area contributed by atoms with Crippen LogP contribution in [-0.2, 0) is 14.8 Å². The Morgan fingerprint density at radius 1 is 1.19 bits per heavy atom. The Labute approximate surface area is 186 Å². The minimum absolute atomic E-state index is 0.0706. The van der Waals surface area contributed by atoms with Crippen molar-refractivity contribution in [2.24, 2.45) is 5.92 Å². The van der Waals surface area contributed by atoms with Crippen molar-refractivity contribution in [3.05, 3.63) is 47.5 Å². The maximum atomic E-state index is 12.9. The Hall–Kier alpha value is -2.49. The summed E-state index contributed by atoms with van der Waals surface area (Å²) in [6.07, 6.45) is 0.980. The second-order valence-corrected chi connectivity index (χ2v) is 10.7. The third-order valence-corrected chi connectivity index (χ3v) is 8.21. The first-order valence-electron chi connectivity index (χ1n) is 10.3. The number of piperidine rings is 1. The minimum atomic E-state index is -3.58. The first-order valence-corrected chi connectivity index (χ1v) is 12.5. The molecule has 2 aromatic carbocycles. The van der Waals surface area contributed by atoms with E-state index in [9.17, 15) is 13.2 Å². The van der Waals surface area contributed by atoms with Gasteiger partial charge in [-0.25, -0.2) is 13.4 Å². The van der Waals surface area contributed by atoms with E-state index in [4.69, 9.17) is 4.74 Å². The second-order valence-electron chi connectivity index (χ2n) is 7.49. The lowest BCUT2D eigenvalue weighted by Gasteiger charge is -2.30. The molecular formula is C22H25N3O4S2. The fraction of sp³-hybridized carbons (Fsp3) is 0.364. The summed E-state index contributed by atoms with van der Waals surface area (Å²) in [6.45, 7) is 5.00. The number of sulfonamides is 1. The third-order valence-electron chi connectivity index (χ3n) is 5.36. The fourth-order valence-corrected chi connectivity index (χ4v) is 6.08. The topological polar surface area (TPSA) is 88.6 Å². The van der Waals surface area contributed by atoms with Gasteiger partial charge in [0, 0.05) is 24.7 Å². The highest BCUT2D eigenvalue weighted by Crippen LogP contribution is 2.28. The molecule has 0 unspecified atom stereocenters. The Morgan fingerprint density at radius 3 is 2.58 bits per heavy atom. The molecule has 1 amide bonds. The number of benzene rings is 2. The SMILES string of the molecule is CCOc1ccc(S(=O)(=O)N2CCC(C(=O)Nc3ccc4nc(C)sc4c3)CC2)cc1. The van der Waals surface area contributed by atoms with E-state index in [1.807, 2.05) is 32.0 Å². The van der Waals surface area contributed by atoms with Crippen LogP contribution < -0.4 is 10.1 Å². The van der Waals surface area contributed by atoms with Crippen LogP contribution in [0.4, 0.5) is 5.69 Å². The van der Waals surface area contributed by atoms with Gasteiger partial charge < -0.3 is 10.1 Å². The van der Waals surface area contributed by atoms with Gasteiger partial charge in [0.15, 0.2) is 0 Å². The summed E-state index contributed by atoms with van der Waals surface area (Å²) in [5.74, 6) is 0.355. The van der Waals surface area contributed by atoms with Gasteiger partial charge in [0.05, 0.1) is 26.7 Å². The number of aromatic nitrogens is 1. The van der Waals surface area contributed by atoms with Crippen LogP contribution in [0, 0.1) is 12.8 Å². The number of nitrogens with zero attached hydrogens (tertiary/aromatic N) is 2. The summed E-state index contributed by atoms with van der Waals surface area (Å²) in [5.41, 5.74) is 1.67. The van der Waals surface area contributed by atoms with E-state index < -0.39 is 10.0 Å². The van der Waals surface area contributed by atoms with Crippen molar-refractivity contribution in [1.29, 1.82) is 0 Å². The number of hydrogen-bond acceptors (Lipinski definition) is 6. The summed E-state index contributed by atoms with van der Waals surface area (Å²) < 4.78 is 33.7. The molecule has 0 radical (unpaired) electrons. The monoisotopic (exact) mass is 459 g/mol. The van der Waals surface area contributed by atoms with E-state index in [0.29, 0.717) is 38.3 Å². The number of amides is 1. The van der Waals surface area contributed by atoms with Crippen molar-refractivity contribution in [3.8, 4) is 5.75 Å². The molecule has 1 saturated heterocycles. The minimum Gasteiger partial charge on any atom is -0.494 e. The lowest BCUT2D eigenvalue weighted by atomic mass is 9.97. The first-order chi connectivity index (χ1) is 14.9. The maximum Gasteiger partial charge on any atom is 0.243 e. The van der Waals surface area contributed by atoms with E-state index in [1.165, 1.54) is 4.31 Å². The number of nitrogens with one attached hydrogen (secondary N) is 1. The number of carbonyl (C=O) groups excluding carboxylic acids is 1. The van der Waals surface area contributed by atoms with Crippen molar-refractivity contribution >= 4 is 43.2 Å². The van der Waals surface area contributed by atoms with Crippen LogP contribution in [0.5, 0.6) is 5.75 Å². The quantitative estimate of drug-likeness (QED) is 0.601. The number of thiazole rings is 1. The predicted octanol–water partition coefficient (Wildman–Crippen LogP) is 4.04. The zero-order valence-electron chi connectivity index (χ0n) is 17.5. The molecule has 0 spiro atoms. The first kappa shape index (κ1) is 21.7. The van der Waals surface area contributed by atoms with Gasteiger partial charge in [-0.1, -0.05) is 0 Å². The Balaban J connectivity index is 1.37. The van der Waals surface area contributed by atoms with Crippen LogP contribution in [0.3, 0.4) is 0 Å². The molecule has 9 heteroatoms. The summed E-state index contributed by atoms with van der Waals surface area (Å²) in [7, 11) is -3.58. The average Bonchev–Trinajstić information content (AvgIpc) is 3.14. The molecule has 0 bridgehead atoms. The normalized spacial score (nSPS) is 15.8. The molecule has 164 valence electrons. The number of aryl methyl sites for hydroxylation is 1. The van der Waals surface area contributed by atoms with Crippen molar-refractivity contribution in [3.63, 3.8) is 0 Å². The Kier molecular flexibility index (Phi) is 6.27. The summed E-state index contributed by atoms with van der Waals surface area (Å²) in [5, 5.41) is 3.96. The molecular weight excluding hydrogens is 434 g/mol. The van der Waals surface area contributed by atoms with Gasteiger partial charge >= 0.3 is 0 Å². The van der Waals surface area contributed by atoms with Crippen LogP contribution >= 0.6 is 11.3 Å². The molecule has 31 heavy (non-hydrogen) atoms. The van der Waals surface area contributed by atoms with E-state index in [2.05, 4.69) is 10.3 Å². The maximum absolute atomic E-state index is 12.9. The molecule has 4 rings (SSSR count). The van der Waals surface area contributed by atoms with E-state index in [1.54, 1.807) is 35.6 Å². The van der Waals surface area contributed by atoms with E-state index in [-0.39, 0.29) is 16.7 Å². The van der Waals surface area contributed by atoms with Gasteiger partial charge in [0.25, 0.3) is 0 Å². The smallest absolute Gasteiger partial charge is 0.243 e. The van der Waals surface area contributed by atoms with Crippen LogP contribution in [0.2, 0.25) is 0 Å². The van der Waals surface area contributed by atoms with E-state index >= 15 is 0 Å². The van der Waals surface area contributed by atoms with Crippen LogP contribution in [0.1, 0.15) is 24.8 Å². The molecule has 1 aliphatic rings. The number of anilines is 1. The number of rotatable bonds is 6. The lowest BCUT2D eigenvalue weighted by molar-refractivity contribution is -0.120. The second kappa shape index (κ2) is 8.94. The molecule has 3 aromatic rings. The van der Waals surface area contributed by atoms with Gasteiger partial charge in [0.2, 0.25) is 15.9 Å². The van der Waals surface area contributed by atoms with Crippen molar-refractivity contribution in [2.75, 3.05) is 25.0 Å². The number of fused-ring (bicyclic) bond motifs is 1. The van der Waals surface area contributed by atoms with Gasteiger partial charge in [0.1, 0.15) is 5.75 Å². The molecule has 1 N–H and O–H groups in total. The molecule has 7 nitrogen and oxygen atoms in total. The largest absolute Gasteiger partial charge is 0.494 e. The summed E-state index contributed by atoms with van der Waals surface area (Å²) >= 11 is 1.59. The Morgan fingerprint density at radius 2 is 1.90 bits per heavy atom. The molecule has 0 saturated carbocycles. The number of carbonyl (C=O) groups is 1. The molecule has 0 aliphatic carbocycles. The highest BCUT2D eigenvalue weighted by atomic mass is 32.2.